The zero-order chi connectivity index (χ0) is 84.6. The van der Waals surface area contributed by atoms with Crippen LogP contribution < -0.4 is 18.9 Å². The molecule has 3 N–H and O–H groups in total. The van der Waals surface area contributed by atoms with Gasteiger partial charge < -0.3 is 38.6 Å². The second-order valence-corrected chi connectivity index (χ2v) is 33.6. The van der Waals surface area contributed by atoms with Crippen molar-refractivity contribution in [2.45, 2.75) is 285 Å². The number of nitriles is 1. The second kappa shape index (κ2) is 49.9. The van der Waals surface area contributed by atoms with Gasteiger partial charge >= 0.3 is 5.97 Å². The molecule has 0 aliphatic carbocycles. The molecule has 12 rings (SSSR count). The fourth-order valence-corrected chi connectivity index (χ4v) is 17.3. The van der Waals surface area contributed by atoms with Crippen LogP contribution in [0.2, 0.25) is 0 Å². The fraction of sp³-hybridized carbons (Fsp3) is 0.436. The average molecular weight is 1640 g/mol. The third kappa shape index (κ3) is 25.9. The van der Waals surface area contributed by atoms with Crippen LogP contribution in [0.4, 0.5) is 0 Å². The molecule has 6 heterocycles. The molecule has 0 unspecified atom stereocenters. The molecule has 0 amide bonds. The van der Waals surface area contributed by atoms with Gasteiger partial charge in [-0.2, -0.15) is 5.26 Å². The Morgan fingerprint density at radius 3 is 1.08 bits per heavy atom. The van der Waals surface area contributed by atoms with Crippen LogP contribution in [0.3, 0.4) is 0 Å². The Bertz CT molecular complexity index is 5100. The number of carboxylic acids is 1. The van der Waals surface area contributed by atoms with Crippen LogP contribution in [0.25, 0.3) is 113 Å². The van der Waals surface area contributed by atoms with Gasteiger partial charge in [0.25, 0.3) is 0 Å². The minimum absolute atomic E-state index is 0.352. The number of para-hydroxylation sites is 2. The van der Waals surface area contributed by atoms with E-state index in [1.165, 1.54) is 222 Å². The van der Waals surface area contributed by atoms with E-state index in [9.17, 15) is 15.2 Å². The van der Waals surface area contributed by atoms with E-state index in [-0.39, 0.29) is 5.57 Å². The Morgan fingerprint density at radius 2 is 0.697 bits per heavy atom. The highest BCUT2D eigenvalue weighted by Gasteiger charge is 2.26. The number of hydrogen-bond acceptors (Lipinski definition) is 8. The first-order valence-corrected chi connectivity index (χ1v) is 47.3. The molecule has 0 radical (unpaired) electrons. The number of nitrogens with one attached hydrogen (secondary N) is 2. The van der Waals surface area contributed by atoms with Crippen molar-refractivity contribution in [1.29, 1.82) is 5.26 Å². The topological polar surface area (TPSA) is 160 Å². The molecule has 12 heteroatoms. The summed E-state index contributed by atoms with van der Waals surface area (Å²) in [5, 5.41) is 21.9. The van der Waals surface area contributed by atoms with Crippen molar-refractivity contribution in [3.63, 3.8) is 0 Å². The molecule has 0 atom stereocenters. The molecule has 2 aliphatic rings. The van der Waals surface area contributed by atoms with Crippen LogP contribution in [-0.2, 0) is 4.79 Å². The molecular formula is C110H134N6O6. The van der Waals surface area contributed by atoms with Gasteiger partial charge in [0.1, 0.15) is 34.6 Å². The van der Waals surface area contributed by atoms with Gasteiger partial charge in [-0.3, -0.25) is 0 Å². The highest BCUT2D eigenvalue weighted by molar-refractivity contribution is 6.09. The lowest BCUT2D eigenvalue weighted by atomic mass is 10.0. The molecule has 8 bridgehead atoms. The van der Waals surface area contributed by atoms with E-state index in [2.05, 4.69) is 212 Å². The Balaban J connectivity index is 1.05. The predicted octanol–water partition coefficient (Wildman–Crippen LogP) is 31.3. The molecule has 10 aromatic rings. The number of benzene rings is 6. The zero-order valence-electron chi connectivity index (χ0n) is 73.8. The van der Waals surface area contributed by atoms with E-state index in [0.717, 1.165) is 158 Å². The van der Waals surface area contributed by atoms with Crippen LogP contribution in [0.5, 0.6) is 23.0 Å². The first kappa shape index (κ1) is 90.4. The largest absolute Gasteiger partial charge is 0.493 e. The number of aromatic nitrogens is 5. The molecule has 2 aliphatic heterocycles. The van der Waals surface area contributed by atoms with Gasteiger partial charge in [-0.15, -0.1) is 0 Å². The molecule has 0 fully saturated rings. The van der Waals surface area contributed by atoms with Crippen molar-refractivity contribution < 1.29 is 28.8 Å². The van der Waals surface area contributed by atoms with Crippen molar-refractivity contribution in [1.82, 2.24) is 24.5 Å². The summed E-state index contributed by atoms with van der Waals surface area (Å²) in [4.78, 5) is 31.8. The van der Waals surface area contributed by atoms with Crippen molar-refractivity contribution in [3.05, 3.63) is 203 Å². The van der Waals surface area contributed by atoms with Gasteiger partial charge in [-0.25, -0.2) is 14.8 Å². The van der Waals surface area contributed by atoms with Gasteiger partial charge in [0.05, 0.1) is 82.4 Å². The smallest absolute Gasteiger partial charge is 0.346 e. The molecule has 12 nitrogen and oxygen atoms in total. The van der Waals surface area contributed by atoms with Crippen LogP contribution >= 0.6 is 0 Å². The van der Waals surface area contributed by atoms with Crippen LogP contribution in [0.1, 0.15) is 324 Å². The monoisotopic (exact) mass is 1640 g/mol. The number of unbranched alkanes of at least 4 members (excludes halogenated alkanes) is 36. The van der Waals surface area contributed by atoms with Gasteiger partial charge in [-0.1, -0.05) is 343 Å². The summed E-state index contributed by atoms with van der Waals surface area (Å²) in [6.45, 7) is 11.3. The molecule has 122 heavy (non-hydrogen) atoms. The standard InChI is InChI=1S/C110H134N6O6/c1-5-9-13-17-21-25-29-33-37-45-77-119-101-55-49-56-102(120-78-46-38-34-30-26-22-18-14-10-6-2)108(101)106-95-71-69-91(112-95)90(68-63-83-59-61-84(62-60-83)81-86(82-111)110(117)118)92-70-72-96(113-92)107(109-103(121-79-47-39-35-31-27-23-19-15-11-7-3)57-50-58-104(109)122-80-48-40-36-32-28-24-20-16-12-8-4)98-76-74-94(115-98)105(93-73-75-97(106)114-93)85-64-66-87(67-65-85)116-99-53-43-41-51-88(99)89-52-42-44-54-100(89)116/h41-44,49-62,64-67,69-76,81,112,115H,5-40,45-48,77-80H2,1-4H3,(H,117,118)/b86-81-,91-90?,92-90?,105-93?,105-94?,106-95?,106-97?,107-96?,107-98?. The van der Waals surface area contributed by atoms with E-state index in [0.29, 0.717) is 54.5 Å². The molecule has 0 saturated heterocycles. The number of rotatable bonds is 54. The maximum absolute atomic E-state index is 12.0. The number of hydrogen-bond donors (Lipinski definition) is 3. The molecule has 6 aromatic carbocycles. The molecule has 4 aromatic heterocycles. The highest BCUT2D eigenvalue weighted by Crippen LogP contribution is 2.47. The minimum Gasteiger partial charge on any atom is -0.493 e. The zero-order valence-corrected chi connectivity index (χ0v) is 73.8. The number of aromatic amines is 2. The van der Waals surface area contributed by atoms with Crippen molar-refractivity contribution >= 4 is 80.2 Å². The molecule has 0 spiro atoms. The lowest BCUT2D eigenvalue weighted by Gasteiger charge is -2.18. The van der Waals surface area contributed by atoms with E-state index in [4.69, 9.17) is 28.9 Å². The Morgan fingerprint density at radius 1 is 0.361 bits per heavy atom. The van der Waals surface area contributed by atoms with Crippen LogP contribution in [0, 0.1) is 23.2 Å². The normalized spacial score (nSPS) is 11.9. The van der Waals surface area contributed by atoms with Crippen molar-refractivity contribution in [3.8, 4) is 80.0 Å². The number of nitrogens with zero attached hydrogens (tertiary/aromatic N) is 4. The second-order valence-electron chi connectivity index (χ2n) is 33.6. The summed E-state index contributed by atoms with van der Waals surface area (Å²) in [7, 11) is 0. The quantitative estimate of drug-likeness (QED) is 0.0146. The third-order valence-electron chi connectivity index (χ3n) is 24.2. The van der Waals surface area contributed by atoms with Crippen LogP contribution in [-0.4, -0.2) is 62.0 Å². The van der Waals surface area contributed by atoms with Crippen molar-refractivity contribution in [2.24, 2.45) is 0 Å². The summed E-state index contributed by atoms with van der Waals surface area (Å²) in [5.74, 6) is 8.77. The number of carbonyl (C=O) groups is 1. The van der Waals surface area contributed by atoms with E-state index in [1.54, 1.807) is 12.1 Å². The van der Waals surface area contributed by atoms with E-state index in [1.807, 2.05) is 18.2 Å². The highest BCUT2D eigenvalue weighted by atomic mass is 16.5. The summed E-state index contributed by atoms with van der Waals surface area (Å²) in [6.07, 6.45) is 58.7. The average Bonchev–Trinajstić information content (AvgIpc) is 1.60. The Kier molecular flexibility index (Phi) is 37.0. The first-order valence-electron chi connectivity index (χ1n) is 47.3. The number of carboxylic acid groups (broad SMARTS) is 1. The summed E-state index contributed by atoms with van der Waals surface area (Å²) in [5.41, 5.74) is 16.1. The first-order chi connectivity index (χ1) is 60.3. The Hall–Kier alpha value is -10.8. The van der Waals surface area contributed by atoms with Gasteiger partial charge in [0.2, 0.25) is 0 Å². The summed E-state index contributed by atoms with van der Waals surface area (Å²) in [6, 6.07) is 56.6. The number of aliphatic carboxylic acids is 1. The predicted molar refractivity (Wildman–Crippen MR) is 513 cm³/mol. The van der Waals surface area contributed by atoms with Gasteiger partial charge in [0.15, 0.2) is 0 Å². The molecular weight excluding hydrogens is 1500 g/mol. The summed E-state index contributed by atoms with van der Waals surface area (Å²) < 4.78 is 31.0. The molecule has 640 valence electrons. The van der Waals surface area contributed by atoms with Crippen LogP contribution in [0.15, 0.2) is 163 Å². The number of ether oxygens (including phenoxy) is 4. The van der Waals surface area contributed by atoms with E-state index >= 15 is 0 Å². The maximum atomic E-state index is 12.0. The Labute approximate surface area is 728 Å². The third-order valence-corrected chi connectivity index (χ3v) is 24.2. The van der Waals surface area contributed by atoms with E-state index < -0.39 is 5.97 Å². The lowest BCUT2D eigenvalue weighted by molar-refractivity contribution is -0.132. The SMILES string of the molecule is CCCCCCCCCCCCOc1cccc(OCCCCCCCCCCCC)c1-c1c2nc(c(-c3ccc(-n4c5ccccc5c5ccccc54)cc3)c3ccc([nH]3)c(-c3c(OCCCCCCCCCCCC)cccc3OCCCCCCCCCCCC)c3nc(c(C#Cc4ccc(/C=C(/C#N)C(=O)O)cc4)c4ccc1[nH]4)C=C3)C=C2. The van der Waals surface area contributed by atoms with Gasteiger partial charge in [0, 0.05) is 55.3 Å². The van der Waals surface area contributed by atoms with Crippen molar-refractivity contribution in [2.75, 3.05) is 26.4 Å². The minimum atomic E-state index is -1.28. The molecule has 0 saturated carbocycles. The lowest BCUT2D eigenvalue weighted by Crippen LogP contribution is -2.04. The summed E-state index contributed by atoms with van der Waals surface area (Å²) >= 11 is 0. The fourth-order valence-electron chi connectivity index (χ4n) is 17.3. The van der Waals surface area contributed by atoms with Gasteiger partial charge in [-0.05, 0) is 152 Å². The number of H-pyrrole nitrogens is 2. The number of fused-ring (bicyclic) bond motifs is 11. The maximum Gasteiger partial charge on any atom is 0.346 e.